The molecule has 2 aromatic heterocycles. The summed E-state index contributed by atoms with van der Waals surface area (Å²) < 4.78 is 12.5. The number of anilines is 1. The second-order valence-corrected chi connectivity index (χ2v) is 4.71. The highest BCUT2D eigenvalue weighted by molar-refractivity contribution is 6.02. The van der Waals surface area contributed by atoms with E-state index in [1.807, 2.05) is 30.3 Å². The molecule has 1 amide bonds. The van der Waals surface area contributed by atoms with Gasteiger partial charge in [-0.3, -0.25) is 9.48 Å². The monoisotopic (exact) mass is 297 g/mol. The molecule has 6 heteroatoms. The summed E-state index contributed by atoms with van der Waals surface area (Å²) in [6.07, 6.45) is 3.22. The molecule has 22 heavy (non-hydrogen) atoms. The van der Waals surface area contributed by atoms with Gasteiger partial charge in [-0.2, -0.15) is 5.10 Å². The molecule has 0 atom stereocenters. The summed E-state index contributed by atoms with van der Waals surface area (Å²) in [7, 11) is 1.78. The molecule has 0 aliphatic rings. The first-order valence-electron chi connectivity index (χ1n) is 6.77. The number of furan rings is 1. The zero-order valence-electron chi connectivity index (χ0n) is 12.0. The van der Waals surface area contributed by atoms with E-state index in [2.05, 4.69) is 10.4 Å². The summed E-state index contributed by atoms with van der Waals surface area (Å²) in [5, 5.41) is 6.78. The van der Waals surface area contributed by atoms with E-state index in [-0.39, 0.29) is 18.3 Å². The predicted molar refractivity (Wildman–Crippen MR) is 80.6 cm³/mol. The van der Waals surface area contributed by atoms with Crippen LogP contribution in [-0.4, -0.2) is 15.7 Å². The van der Waals surface area contributed by atoms with Gasteiger partial charge in [-0.05, 0) is 18.2 Å². The topological polar surface area (TPSA) is 69.3 Å². The van der Waals surface area contributed by atoms with Gasteiger partial charge < -0.3 is 14.5 Å². The minimum Gasteiger partial charge on any atom is -0.489 e. The average molecular weight is 297 g/mol. The second kappa shape index (κ2) is 6.17. The number of aromatic nitrogens is 2. The van der Waals surface area contributed by atoms with Crippen LogP contribution < -0.4 is 10.1 Å². The van der Waals surface area contributed by atoms with Gasteiger partial charge in [0.25, 0.3) is 5.91 Å². The maximum Gasteiger partial charge on any atom is 0.292 e. The Bertz CT molecular complexity index is 762. The molecule has 0 bridgehead atoms. The van der Waals surface area contributed by atoms with Gasteiger partial charge in [0.15, 0.2) is 11.6 Å². The van der Waals surface area contributed by atoms with Gasteiger partial charge in [0, 0.05) is 24.9 Å². The lowest BCUT2D eigenvalue weighted by molar-refractivity contribution is 0.0993. The molecule has 6 nitrogen and oxygen atoms in total. The molecule has 0 fully saturated rings. The molecule has 0 aliphatic heterocycles. The fraction of sp³-hybridized carbons (Fsp3) is 0.125. The molecule has 0 unspecified atom stereocenters. The third kappa shape index (κ3) is 3.17. The van der Waals surface area contributed by atoms with Crippen molar-refractivity contribution < 1.29 is 13.9 Å². The van der Waals surface area contributed by atoms with Crippen LogP contribution in [0, 0.1) is 0 Å². The molecule has 1 aromatic carbocycles. The molecule has 3 rings (SSSR count). The Hall–Kier alpha value is -3.02. The Morgan fingerprint density at radius 2 is 2.09 bits per heavy atom. The fourth-order valence-electron chi connectivity index (χ4n) is 1.98. The van der Waals surface area contributed by atoms with E-state index < -0.39 is 0 Å². The number of carbonyl (C=O) groups excluding carboxylic acids is 1. The Labute approximate surface area is 127 Å². The zero-order chi connectivity index (χ0) is 15.4. The van der Waals surface area contributed by atoms with Gasteiger partial charge in [0.2, 0.25) is 0 Å². The highest BCUT2D eigenvalue weighted by Gasteiger charge is 2.17. The summed E-state index contributed by atoms with van der Waals surface area (Å²) in [4.78, 5) is 12.2. The molecule has 0 saturated heterocycles. The predicted octanol–water partition coefficient (Wildman–Crippen LogP) is 2.84. The highest BCUT2D eigenvalue weighted by atomic mass is 16.5. The molecule has 2 heterocycles. The average Bonchev–Trinajstić information content (AvgIpc) is 3.15. The number of nitrogens with one attached hydrogen (secondary N) is 1. The van der Waals surface area contributed by atoms with E-state index in [9.17, 15) is 4.79 Å². The Balaban J connectivity index is 1.67. The molecule has 1 N–H and O–H groups in total. The Morgan fingerprint density at radius 3 is 2.82 bits per heavy atom. The van der Waals surface area contributed by atoms with E-state index in [0.29, 0.717) is 11.4 Å². The number of nitrogens with zero attached hydrogens (tertiary/aromatic N) is 2. The zero-order valence-corrected chi connectivity index (χ0v) is 12.0. The molecule has 112 valence electrons. The number of ether oxygens (including phenoxy) is 1. The lowest BCUT2D eigenvalue weighted by Gasteiger charge is -2.06. The van der Waals surface area contributed by atoms with Crippen LogP contribution in [-0.2, 0) is 13.7 Å². The molecule has 0 saturated carbocycles. The molecule has 0 spiro atoms. The van der Waals surface area contributed by atoms with Gasteiger partial charge in [-0.25, -0.2) is 0 Å². The van der Waals surface area contributed by atoms with Crippen molar-refractivity contribution in [2.75, 3.05) is 5.32 Å². The minimum atomic E-state index is -0.352. The fourth-order valence-corrected chi connectivity index (χ4v) is 1.98. The standard InChI is InChI=1S/C16H15N3O3/c1-19-9-7-14(18-19)17-16(20)15-12(8-10-21-15)11-22-13-5-3-2-4-6-13/h2-10H,11H2,1H3,(H,17,18,20). The number of carbonyl (C=O) groups is 1. The van der Waals surface area contributed by atoms with Gasteiger partial charge in [-0.1, -0.05) is 18.2 Å². The maximum absolute atomic E-state index is 12.2. The van der Waals surface area contributed by atoms with Crippen molar-refractivity contribution in [3.05, 3.63) is 66.2 Å². The van der Waals surface area contributed by atoms with Crippen LogP contribution in [0.3, 0.4) is 0 Å². The highest BCUT2D eigenvalue weighted by Crippen LogP contribution is 2.17. The van der Waals surface area contributed by atoms with Crippen LogP contribution in [0.25, 0.3) is 0 Å². The number of hydrogen-bond acceptors (Lipinski definition) is 4. The van der Waals surface area contributed by atoms with Crippen molar-refractivity contribution >= 4 is 11.7 Å². The van der Waals surface area contributed by atoms with Gasteiger partial charge in [0.1, 0.15) is 12.4 Å². The van der Waals surface area contributed by atoms with Crippen molar-refractivity contribution in [1.82, 2.24) is 9.78 Å². The maximum atomic E-state index is 12.2. The SMILES string of the molecule is Cn1ccc(NC(=O)c2occc2COc2ccccc2)n1. The smallest absolute Gasteiger partial charge is 0.292 e. The lowest BCUT2D eigenvalue weighted by atomic mass is 10.2. The molecule has 0 radical (unpaired) electrons. The quantitative estimate of drug-likeness (QED) is 0.786. The van der Waals surface area contributed by atoms with Crippen LogP contribution in [0.15, 0.2) is 59.3 Å². The number of benzene rings is 1. The van der Waals surface area contributed by atoms with E-state index in [0.717, 1.165) is 5.75 Å². The van der Waals surface area contributed by atoms with E-state index in [1.54, 1.807) is 30.1 Å². The van der Waals surface area contributed by atoms with Crippen molar-refractivity contribution in [1.29, 1.82) is 0 Å². The van der Waals surface area contributed by atoms with Crippen LogP contribution in [0.4, 0.5) is 5.82 Å². The molecule has 0 aliphatic carbocycles. The summed E-state index contributed by atoms with van der Waals surface area (Å²) in [5.74, 6) is 1.08. The van der Waals surface area contributed by atoms with Gasteiger partial charge >= 0.3 is 0 Å². The Morgan fingerprint density at radius 1 is 1.27 bits per heavy atom. The van der Waals surface area contributed by atoms with Crippen molar-refractivity contribution in [3.8, 4) is 5.75 Å². The number of hydrogen-bond donors (Lipinski definition) is 1. The van der Waals surface area contributed by atoms with Gasteiger partial charge in [-0.15, -0.1) is 0 Å². The van der Waals surface area contributed by atoms with Crippen LogP contribution in [0.1, 0.15) is 16.1 Å². The van der Waals surface area contributed by atoms with Crippen LogP contribution in [0.5, 0.6) is 5.75 Å². The van der Waals surface area contributed by atoms with Crippen molar-refractivity contribution in [2.45, 2.75) is 6.61 Å². The third-order valence-corrected chi connectivity index (χ3v) is 3.05. The number of amides is 1. The first-order valence-corrected chi connectivity index (χ1v) is 6.77. The first kappa shape index (κ1) is 13.9. The van der Waals surface area contributed by atoms with Crippen LogP contribution in [0.2, 0.25) is 0 Å². The van der Waals surface area contributed by atoms with Gasteiger partial charge in [0.05, 0.1) is 6.26 Å². The lowest BCUT2D eigenvalue weighted by Crippen LogP contribution is -2.14. The Kier molecular flexibility index (Phi) is 3.91. The summed E-state index contributed by atoms with van der Waals surface area (Å²) in [6.45, 7) is 0.255. The number of para-hydroxylation sites is 1. The number of aryl methyl sites for hydroxylation is 1. The normalized spacial score (nSPS) is 10.4. The summed E-state index contributed by atoms with van der Waals surface area (Å²) in [5.41, 5.74) is 0.678. The van der Waals surface area contributed by atoms with E-state index in [4.69, 9.17) is 9.15 Å². The van der Waals surface area contributed by atoms with Crippen LogP contribution >= 0.6 is 0 Å². The van der Waals surface area contributed by atoms with Crippen molar-refractivity contribution in [3.63, 3.8) is 0 Å². The molecular formula is C16H15N3O3. The first-order chi connectivity index (χ1) is 10.7. The summed E-state index contributed by atoms with van der Waals surface area (Å²) in [6, 6.07) is 12.8. The summed E-state index contributed by atoms with van der Waals surface area (Å²) >= 11 is 0. The molecular weight excluding hydrogens is 282 g/mol. The second-order valence-electron chi connectivity index (χ2n) is 4.71. The largest absolute Gasteiger partial charge is 0.489 e. The van der Waals surface area contributed by atoms with E-state index >= 15 is 0 Å². The minimum absolute atomic E-state index is 0.224. The van der Waals surface area contributed by atoms with Crippen molar-refractivity contribution in [2.24, 2.45) is 7.05 Å². The third-order valence-electron chi connectivity index (χ3n) is 3.05. The molecule has 3 aromatic rings. The van der Waals surface area contributed by atoms with E-state index in [1.165, 1.54) is 6.26 Å². The number of rotatable bonds is 5.